The Labute approximate surface area is 139 Å². The SMILES string of the molecule is Cc1ncsc1CCC(=O)N[C@H](c1ccccc1)c1ccco1. The van der Waals surface area contributed by atoms with Gasteiger partial charge in [-0.05, 0) is 31.0 Å². The van der Waals surface area contributed by atoms with Crippen LogP contribution >= 0.6 is 11.3 Å². The molecule has 1 amide bonds. The molecule has 23 heavy (non-hydrogen) atoms. The van der Waals surface area contributed by atoms with Crippen LogP contribution in [0.25, 0.3) is 0 Å². The van der Waals surface area contributed by atoms with Crippen LogP contribution in [0.15, 0.2) is 58.7 Å². The number of aromatic nitrogens is 1. The number of nitrogens with zero attached hydrogens (tertiary/aromatic N) is 1. The van der Waals surface area contributed by atoms with Crippen LogP contribution in [0, 0.1) is 6.92 Å². The van der Waals surface area contributed by atoms with Crippen molar-refractivity contribution < 1.29 is 9.21 Å². The fourth-order valence-electron chi connectivity index (χ4n) is 2.45. The molecule has 1 aromatic carbocycles. The average molecular weight is 326 g/mol. The minimum absolute atomic E-state index is 0.00283. The van der Waals surface area contributed by atoms with E-state index >= 15 is 0 Å². The van der Waals surface area contributed by atoms with Gasteiger partial charge in [0.2, 0.25) is 5.91 Å². The van der Waals surface area contributed by atoms with Crippen LogP contribution < -0.4 is 5.32 Å². The van der Waals surface area contributed by atoms with Crippen molar-refractivity contribution in [2.24, 2.45) is 0 Å². The molecule has 0 saturated carbocycles. The van der Waals surface area contributed by atoms with Crippen LogP contribution in [0.3, 0.4) is 0 Å². The number of carbonyl (C=O) groups excluding carboxylic acids is 1. The summed E-state index contributed by atoms with van der Waals surface area (Å²) in [6.07, 6.45) is 2.77. The maximum absolute atomic E-state index is 12.4. The Morgan fingerprint density at radius 3 is 2.74 bits per heavy atom. The van der Waals surface area contributed by atoms with E-state index in [1.807, 2.05) is 54.9 Å². The Morgan fingerprint density at radius 2 is 2.09 bits per heavy atom. The Balaban J connectivity index is 1.69. The van der Waals surface area contributed by atoms with Gasteiger partial charge in [0.15, 0.2) is 0 Å². The van der Waals surface area contributed by atoms with Crippen molar-refractivity contribution in [3.8, 4) is 0 Å². The topological polar surface area (TPSA) is 55.1 Å². The van der Waals surface area contributed by atoms with E-state index < -0.39 is 0 Å². The maximum Gasteiger partial charge on any atom is 0.221 e. The van der Waals surface area contributed by atoms with Crippen LogP contribution in [-0.4, -0.2) is 10.9 Å². The Bertz CT molecular complexity index is 750. The highest BCUT2D eigenvalue weighted by Crippen LogP contribution is 2.23. The van der Waals surface area contributed by atoms with Gasteiger partial charge in [-0.25, -0.2) is 4.98 Å². The number of hydrogen-bond acceptors (Lipinski definition) is 4. The monoisotopic (exact) mass is 326 g/mol. The van der Waals surface area contributed by atoms with Gasteiger partial charge >= 0.3 is 0 Å². The molecule has 0 radical (unpaired) electrons. The van der Waals surface area contributed by atoms with Crippen molar-refractivity contribution in [1.29, 1.82) is 0 Å². The first-order valence-corrected chi connectivity index (χ1v) is 8.38. The number of furan rings is 1. The summed E-state index contributed by atoms with van der Waals surface area (Å²) in [7, 11) is 0. The molecule has 118 valence electrons. The number of amides is 1. The quantitative estimate of drug-likeness (QED) is 0.748. The maximum atomic E-state index is 12.4. The lowest BCUT2D eigenvalue weighted by Crippen LogP contribution is -2.29. The molecule has 1 N–H and O–H groups in total. The summed E-state index contributed by atoms with van der Waals surface area (Å²) in [5.74, 6) is 0.738. The molecule has 4 nitrogen and oxygen atoms in total. The van der Waals surface area contributed by atoms with Gasteiger partial charge in [0, 0.05) is 11.3 Å². The third-order valence-corrected chi connectivity index (χ3v) is 4.68. The fourth-order valence-corrected chi connectivity index (χ4v) is 3.23. The molecule has 2 aromatic heterocycles. The number of nitrogens with one attached hydrogen (secondary N) is 1. The number of carbonyl (C=O) groups is 1. The number of thiazole rings is 1. The van der Waals surface area contributed by atoms with Crippen LogP contribution in [0.1, 0.15) is 34.4 Å². The molecule has 0 unspecified atom stereocenters. The predicted octanol–water partition coefficient (Wildman–Crippen LogP) is 3.88. The summed E-state index contributed by atoms with van der Waals surface area (Å²) in [4.78, 5) is 17.7. The molecule has 0 saturated heterocycles. The molecule has 0 aliphatic heterocycles. The predicted molar refractivity (Wildman–Crippen MR) is 90.3 cm³/mol. The van der Waals surface area contributed by atoms with E-state index in [0.29, 0.717) is 12.8 Å². The molecule has 0 aliphatic carbocycles. The highest BCUT2D eigenvalue weighted by molar-refractivity contribution is 7.09. The summed E-state index contributed by atoms with van der Waals surface area (Å²) < 4.78 is 5.50. The van der Waals surface area contributed by atoms with E-state index in [0.717, 1.165) is 21.9 Å². The summed E-state index contributed by atoms with van der Waals surface area (Å²) in [5.41, 5.74) is 3.83. The molecule has 2 heterocycles. The van der Waals surface area contributed by atoms with Gasteiger partial charge in [-0.1, -0.05) is 30.3 Å². The van der Waals surface area contributed by atoms with Crippen LogP contribution in [0.2, 0.25) is 0 Å². The second-order valence-corrected chi connectivity index (χ2v) is 6.23. The lowest BCUT2D eigenvalue weighted by Gasteiger charge is -2.17. The van der Waals surface area contributed by atoms with E-state index in [9.17, 15) is 4.79 Å². The van der Waals surface area contributed by atoms with Gasteiger partial charge in [0.25, 0.3) is 0 Å². The first kappa shape index (κ1) is 15.5. The van der Waals surface area contributed by atoms with Gasteiger partial charge < -0.3 is 9.73 Å². The lowest BCUT2D eigenvalue weighted by atomic mass is 10.0. The minimum atomic E-state index is -0.263. The van der Waals surface area contributed by atoms with Crippen molar-refractivity contribution in [2.45, 2.75) is 25.8 Å². The Kier molecular flexibility index (Phi) is 4.88. The molecule has 0 aliphatic rings. The summed E-state index contributed by atoms with van der Waals surface area (Å²) in [5, 5.41) is 3.07. The van der Waals surface area contributed by atoms with Gasteiger partial charge in [0.1, 0.15) is 11.8 Å². The normalized spacial score (nSPS) is 12.0. The zero-order valence-corrected chi connectivity index (χ0v) is 13.7. The number of benzene rings is 1. The number of rotatable bonds is 6. The summed E-state index contributed by atoms with van der Waals surface area (Å²) >= 11 is 1.59. The van der Waals surface area contributed by atoms with Crippen molar-refractivity contribution in [3.63, 3.8) is 0 Å². The number of hydrogen-bond donors (Lipinski definition) is 1. The standard InChI is InChI=1S/C18H18N2O2S/c1-13-16(23-12-19-13)9-10-17(21)20-18(15-8-5-11-22-15)14-6-3-2-4-7-14/h2-8,11-12,18H,9-10H2,1H3,(H,20,21)/t18-/m1/s1. The van der Waals surface area contributed by atoms with E-state index in [2.05, 4.69) is 10.3 Å². The van der Waals surface area contributed by atoms with E-state index in [1.165, 1.54) is 0 Å². The average Bonchev–Trinajstić information content (AvgIpc) is 3.23. The van der Waals surface area contributed by atoms with Crippen LogP contribution in [0.4, 0.5) is 0 Å². The van der Waals surface area contributed by atoms with E-state index in [4.69, 9.17) is 4.42 Å². The first-order chi connectivity index (χ1) is 11.2. The molecule has 0 bridgehead atoms. The third-order valence-electron chi connectivity index (χ3n) is 3.69. The van der Waals surface area contributed by atoms with Gasteiger partial charge in [-0.3, -0.25) is 4.79 Å². The first-order valence-electron chi connectivity index (χ1n) is 7.50. The van der Waals surface area contributed by atoms with Gasteiger partial charge in [-0.15, -0.1) is 11.3 Å². The molecule has 5 heteroatoms. The van der Waals surface area contributed by atoms with Crippen LogP contribution in [0.5, 0.6) is 0 Å². The molecular weight excluding hydrogens is 308 g/mol. The lowest BCUT2D eigenvalue weighted by molar-refractivity contribution is -0.121. The second kappa shape index (κ2) is 7.24. The summed E-state index contributed by atoms with van der Waals surface area (Å²) in [6, 6.07) is 13.3. The minimum Gasteiger partial charge on any atom is -0.467 e. The van der Waals surface area contributed by atoms with Crippen molar-refractivity contribution in [1.82, 2.24) is 10.3 Å². The zero-order chi connectivity index (χ0) is 16.1. The van der Waals surface area contributed by atoms with Crippen molar-refractivity contribution in [3.05, 3.63) is 76.1 Å². The smallest absolute Gasteiger partial charge is 0.221 e. The van der Waals surface area contributed by atoms with Gasteiger partial charge in [-0.2, -0.15) is 0 Å². The largest absolute Gasteiger partial charge is 0.467 e. The fraction of sp³-hybridized carbons (Fsp3) is 0.222. The van der Waals surface area contributed by atoms with Crippen molar-refractivity contribution >= 4 is 17.2 Å². The molecule has 3 rings (SSSR count). The molecular formula is C18H18N2O2S. The van der Waals surface area contributed by atoms with E-state index in [1.54, 1.807) is 17.6 Å². The molecule has 3 aromatic rings. The zero-order valence-electron chi connectivity index (χ0n) is 12.9. The summed E-state index contributed by atoms with van der Waals surface area (Å²) in [6.45, 7) is 1.97. The Morgan fingerprint density at radius 1 is 1.26 bits per heavy atom. The van der Waals surface area contributed by atoms with Crippen molar-refractivity contribution in [2.75, 3.05) is 0 Å². The number of aryl methyl sites for hydroxylation is 2. The molecule has 1 atom stereocenters. The molecule has 0 fully saturated rings. The van der Waals surface area contributed by atoms with E-state index in [-0.39, 0.29) is 11.9 Å². The van der Waals surface area contributed by atoms with Crippen LogP contribution in [-0.2, 0) is 11.2 Å². The Hall–Kier alpha value is -2.40. The molecule has 0 spiro atoms. The highest BCUT2D eigenvalue weighted by Gasteiger charge is 2.19. The third kappa shape index (κ3) is 3.87. The van der Waals surface area contributed by atoms with Gasteiger partial charge in [0.05, 0.1) is 17.5 Å². The second-order valence-electron chi connectivity index (χ2n) is 5.29. The highest BCUT2D eigenvalue weighted by atomic mass is 32.1.